The fourth-order valence-corrected chi connectivity index (χ4v) is 2.95. The maximum absolute atomic E-state index is 4.59. The highest BCUT2D eigenvalue weighted by Gasteiger charge is 2.06. The molecule has 0 bridgehead atoms. The van der Waals surface area contributed by atoms with Crippen LogP contribution >= 0.6 is 12.4 Å². The largest absolute Gasteiger partial charge is 0.377 e. The van der Waals surface area contributed by atoms with Crippen molar-refractivity contribution < 1.29 is 0 Å². The number of rotatable bonds is 4. The summed E-state index contributed by atoms with van der Waals surface area (Å²) in [5.74, 6) is 0. The first-order valence-electron chi connectivity index (χ1n) is 7.74. The zero-order valence-corrected chi connectivity index (χ0v) is 14.7. The predicted octanol–water partition coefficient (Wildman–Crippen LogP) is 4.82. The molecule has 1 heterocycles. The maximum atomic E-state index is 4.59. The average molecular weight is 327 g/mol. The van der Waals surface area contributed by atoms with Crippen LogP contribution in [0.5, 0.6) is 0 Å². The minimum absolute atomic E-state index is 0. The molecule has 0 radical (unpaired) electrons. The molecule has 2 nitrogen and oxygen atoms in total. The summed E-state index contributed by atoms with van der Waals surface area (Å²) < 4.78 is 0. The lowest BCUT2D eigenvalue weighted by Crippen LogP contribution is -2.11. The van der Waals surface area contributed by atoms with Gasteiger partial charge in [0.05, 0.1) is 0 Å². The Morgan fingerprint density at radius 3 is 2.48 bits per heavy atom. The van der Waals surface area contributed by atoms with E-state index in [2.05, 4.69) is 79.4 Å². The minimum atomic E-state index is 0. The third-order valence-corrected chi connectivity index (χ3v) is 4.14. The van der Waals surface area contributed by atoms with Gasteiger partial charge in [-0.1, -0.05) is 42.5 Å². The second-order valence-electron chi connectivity index (χ2n) is 5.99. The van der Waals surface area contributed by atoms with E-state index in [9.17, 15) is 0 Å². The van der Waals surface area contributed by atoms with Gasteiger partial charge in [0.25, 0.3) is 0 Å². The van der Waals surface area contributed by atoms with Gasteiger partial charge in [-0.15, -0.1) is 12.4 Å². The molecule has 0 spiro atoms. The van der Waals surface area contributed by atoms with Crippen LogP contribution in [-0.2, 0) is 12.8 Å². The van der Waals surface area contributed by atoms with E-state index in [0.29, 0.717) is 0 Å². The first-order chi connectivity index (χ1) is 10.6. The number of anilines is 1. The number of nitrogens with zero attached hydrogens (tertiary/aromatic N) is 2. The van der Waals surface area contributed by atoms with Gasteiger partial charge in [-0.25, -0.2) is 0 Å². The van der Waals surface area contributed by atoms with Crippen LogP contribution in [-0.4, -0.2) is 19.1 Å². The number of pyridine rings is 1. The molecule has 3 aromatic rings. The Kier molecular flexibility index (Phi) is 5.62. The Labute approximate surface area is 144 Å². The molecule has 0 aliphatic heterocycles. The van der Waals surface area contributed by atoms with E-state index < -0.39 is 0 Å². The average Bonchev–Trinajstić information content (AvgIpc) is 2.53. The summed E-state index contributed by atoms with van der Waals surface area (Å²) in [5, 5.41) is 2.66. The molecule has 0 saturated heterocycles. The van der Waals surface area contributed by atoms with Crippen LogP contribution in [0.2, 0.25) is 0 Å². The SMILES string of the molecule is Cc1cnc(CCc2cccc3ccccc23)cc1N(C)C.Cl. The van der Waals surface area contributed by atoms with E-state index in [-0.39, 0.29) is 12.4 Å². The summed E-state index contributed by atoms with van der Waals surface area (Å²) in [6, 6.07) is 17.3. The number of hydrogen-bond acceptors (Lipinski definition) is 2. The van der Waals surface area contributed by atoms with Crippen molar-refractivity contribution in [3.63, 3.8) is 0 Å². The standard InChI is InChI=1S/C20H22N2.ClH/c1-15-14-21-18(13-20(15)22(2)3)12-11-17-9-6-8-16-7-4-5-10-19(16)17;/h4-10,13-14H,11-12H2,1-3H3;1H. The number of aryl methyl sites for hydroxylation is 3. The Bertz CT molecular complexity index is 791. The first kappa shape index (κ1) is 17.3. The highest BCUT2D eigenvalue weighted by Crippen LogP contribution is 2.22. The molecule has 0 aliphatic carbocycles. The zero-order chi connectivity index (χ0) is 15.5. The zero-order valence-electron chi connectivity index (χ0n) is 13.9. The number of benzene rings is 2. The molecule has 0 aliphatic rings. The third kappa shape index (κ3) is 3.83. The van der Waals surface area contributed by atoms with Crippen LogP contribution in [0.1, 0.15) is 16.8 Å². The summed E-state index contributed by atoms with van der Waals surface area (Å²) in [7, 11) is 4.16. The van der Waals surface area contributed by atoms with E-state index in [0.717, 1.165) is 18.5 Å². The van der Waals surface area contributed by atoms with Crippen molar-refractivity contribution in [2.45, 2.75) is 19.8 Å². The number of aromatic nitrogens is 1. The molecule has 120 valence electrons. The van der Waals surface area contributed by atoms with Crippen LogP contribution < -0.4 is 4.90 Å². The minimum Gasteiger partial charge on any atom is -0.377 e. The molecular formula is C20H23ClN2. The summed E-state index contributed by atoms with van der Waals surface area (Å²) in [6.45, 7) is 2.11. The van der Waals surface area contributed by atoms with Crippen LogP contribution in [0.15, 0.2) is 54.7 Å². The van der Waals surface area contributed by atoms with Gasteiger partial charge in [0, 0.05) is 31.7 Å². The molecule has 0 unspecified atom stereocenters. The summed E-state index contributed by atoms with van der Waals surface area (Å²) in [4.78, 5) is 6.74. The first-order valence-corrected chi connectivity index (χ1v) is 7.74. The van der Waals surface area contributed by atoms with Crippen molar-refractivity contribution >= 4 is 28.9 Å². The van der Waals surface area contributed by atoms with Crippen molar-refractivity contribution in [3.8, 4) is 0 Å². The van der Waals surface area contributed by atoms with Gasteiger partial charge in [0.2, 0.25) is 0 Å². The molecular weight excluding hydrogens is 304 g/mol. The fourth-order valence-electron chi connectivity index (χ4n) is 2.95. The van der Waals surface area contributed by atoms with Crippen LogP contribution in [0.3, 0.4) is 0 Å². The molecule has 3 heteroatoms. The Morgan fingerprint density at radius 2 is 1.70 bits per heavy atom. The molecule has 1 aromatic heterocycles. The van der Waals surface area contributed by atoms with Crippen molar-refractivity contribution in [1.82, 2.24) is 4.98 Å². The van der Waals surface area contributed by atoms with E-state index in [4.69, 9.17) is 0 Å². The Hall–Kier alpha value is -2.06. The van der Waals surface area contributed by atoms with Crippen molar-refractivity contribution in [1.29, 1.82) is 0 Å². The second-order valence-corrected chi connectivity index (χ2v) is 5.99. The monoisotopic (exact) mass is 326 g/mol. The Balaban J connectivity index is 0.00000192. The summed E-state index contributed by atoms with van der Waals surface area (Å²) in [5.41, 5.74) is 5.02. The number of halogens is 1. The van der Waals surface area contributed by atoms with Gasteiger partial charge in [-0.05, 0) is 47.7 Å². The Morgan fingerprint density at radius 1 is 0.957 bits per heavy atom. The van der Waals surface area contributed by atoms with Gasteiger partial charge in [0.1, 0.15) is 0 Å². The van der Waals surface area contributed by atoms with Crippen LogP contribution in [0, 0.1) is 6.92 Å². The molecule has 2 aromatic carbocycles. The molecule has 3 rings (SSSR count). The van der Waals surface area contributed by atoms with Gasteiger partial charge >= 0.3 is 0 Å². The van der Waals surface area contributed by atoms with E-state index in [1.165, 1.54) is 27.6 Å². The highest BCUT2D eigenvalue weighted by atomic mass is 35.5. The number of fused-ring (bicyclic) bond motifs is 1. The van der Waals surface area contributed by atoms with Gasteiger partial charge in [-0.3, -0.25) is 4.98 Å². The predicted molar refractivity (Wildman–Crippen MR) is 102 cm³/mol. The van der Waals surface area contributed by atoms with Crippen molar-refractivity contribution in [3.05, 3.63) is 71.5 Å². The lowest BCUT2D eigenvalue weighted by atomic mass is 10.00. The van der Waals surface area contributed by atoms with Crippen LogP contribution in [0.25, 0.3) is 10.8 Å². The smallest absolute Gasteiger partial charge is 0.0427 e. The third-order valence-electron chi connectivity index (χ3n) is 4.14. The highest BCUT2D eigenvalue weighted by molar-refractivity contribution is 5.86. The second kappa shape index (κ2) is 7.47. The topological polar surface area (TPSA) is 16.1 Å². The normalized spacial score (nSPS) is 10.4. The van der Waals surface area contributed by atoms with Crippen LogP contribution in [0.4, 0.5) is 5.69 Å². The molecule has 0 saturated carbocycles. The lowest BCUT2D eigenvalue weighted by Gasteiger charge is -2.16. The summed E-state index contributed by atoms with van der Waals surface area (Å²) >= 11 is 0. The van der Waals surface area contributed by atoms with E-state index in [1.807, 2.05) is 6.20 Å². The molecule has 23 heavy (non-hydrogen) atoms. The lowest BCUT2D eigenvalue weighted by molar-refractivity contribution is 0.912. The van der Waals surface area contributed by atoms with Crippen molar-refractivity contribution in [2.24, 2.45) is 0 Å². The molecule has 0 fully saturated rings. The van der Waals surface area contributed by atoms with Gasteiger partial charge in [-0.2, -0.15) is 0 Å². The van der Waals surface area contributed by atoms with E-state index in [1.54, 1.807) is 0 Å². The van der Waals surface area contributed by atoms with Crippen molar-refractivity contribution in [2.75, 3.05) is 19.0 Å². The number of hydrogen-bond donors (Lipinski definition) is 0. The quantitative estimate of drug-likeness (QED) is 0.683. The van der Waals surface area contributed by atoms with Gasteiger partial charge < -0.3 is 4.90 Å². The molecule has 0 amide bonds. The maximum Gasteiger partial charge on any atom is 0.0427 e. The molecule has 0 atom stereocenters. The summed E-state index contributed by atoms with van der Waals surface area (Å²) in [6.07, 6.45) is 3.97. The van der Waals surface area contributed by atoms with Gasteiger partial charge in [0.15, 0.2) is 0 Å². The van der Waals surface area contributed by atoms with E-state index >= 15 is 0 Å². The fraction of sp³-hybridized carbons (Fsp3) is 0.250. The molecule has 0 N–H and O–H groups in total.